The molecule has 0 spiro atoms. The number of anilines is 1. The first-order valence-corrected chi connectivity index (χ1v) is 5.52. The van der Waals surface area contributed by atoms with Crippen LogP contribution >= 0.6 is 31.9 Å². The van der Waals surface area contributed by atoms with Gasteiger partial charge in [0, 0.05) is 14.3 Å². The highest BCUT2D eigenvalue weighted by atomic mass is 79.9. The van der Waals surface area contributed by atoms with Crippen LogP contribution in [0.1, 0.15) is 0 Å². The highest BCUT2D eigenvalue weighted by Gasteiger charge is 2.02. The lowest BCUT2D eigenvalue weighted by molar-refractivity contribution is 1.26. The van der Waals surface area contributed by atoms with Gasteiger partial charge < -0.3 is 5.43 Å². The second kappa shape index (κ2) is 3.84. The van der Waals surface area contributed by atoms with Crippen LogP contribution in [0.4, 0.5) is 5.82 Å². The van der Waals surface area contributed by atoms with Crippen LogP contribution in [0.25, 0.3) is 10.9 Å². The summed E-state index contributed by atoms with van der Waals surface area (Å²) in [6.07, 6.45) is 0. The highest BCUT2D eigenvalue weighted by Crippen LogP contribution is 2.27. The van der Waals surface area contributed by atoms with Crippen molar-refractivity contribution in [1.29, 1.82) is 0 Å². The standard InChI is InChI=1S/C9H7Br2N3/c10-6-3-5-1-2-8(14-12)13-9(5)7(11)4-6/h1-4H,12H2,(H,13,14). The fraction of sp³-hybridized carbons (Fsp3) is 0. The van der Waals surface area contributed by atoms with Gasteiger partial charge in [-0.2, -0.15) is 0 Å². The molecule has 72 valence electrons. The zero-order chi connectivity index (χ0) is 10.1. The van der Waals surface area contributed by atoms with Crippen LogP contribution in [-0.2, 0) is 0 Å². The van der Waals surface area contributed by atoms with E-state index < -0.39 is 0 Å². The van der Waals surface area contributed by atoms with Gasteiger partial charge in [-0.15, -0.1) is 0 Å². The van der Waals surface area contributed by atoms with Crippen molar-refractivity contribution in [3.63, 3.8) is 0 Å². The van der Waals surface area contributed by atoms with Crippen molar-refractivity contribution in [1.82, 2.24) is 4.98 Å². The fourth-order valence-corrected chi connectivity index (χ4v) is 2.58. The second-order valence-electron chi connectivity index (χ2n) is 2.80. The molecule has 3 N–H and O–H groups in total. The number of fused-ring (bicyclic) bond motifs is 1. The Bertz CT molecular complexity index is 485. The molecule has 5 heteroatoms. The first-order chi connectivity index (χ1) is 6.70. The first kappa shape index (κ1) is 9.89. The molecule has 0 radical (unpaired) electrons. The molecule has 1 aromatic carbocycles. The second-order valence-corrected chi connectivity index (χ2v) is 4.57. The summed E-state index contributed by atoms with van der Waals surface area (Å²) in [6.45, 7) is 0. The van der Waals surface area contributed by atoms with Gasteiger partial charge in [-0.1, -0.05) is 15.9 Å². The molecular weight excluding hydrogens is 310 g/mol. The van der Waals surface area contributed by atoms with Crippen molar-refractivity contribution in [2.75, 3.05) is 5.43 Å². The molecule has 0 amide bonds. The summed E-state index contributed by atoms with van der Waals surface area (Å²) in [4.78, 5) is 4.33. The number of halogens is 2. The van der Waals surface area contributed by atoms with E-state index in [9.17, 15) is 0 Å². The maximum absolute atomic E-state index is 5.28. The highest BCUT2D eigenvalue weighted by molar-refractivity contribution is 9.11. The number of aromatic nitrogens is 1. The minimum absolute atomic E-state index is 0.653. The Kier molecular flexibility index (Phi) is 2.71. The zero-order valence-corrected chi connectivity index (χ0v) is 10.3. The number of hydrogen-bond acceptors (Lipinski definition) is 3. The van der Waals surface area contributed by atoms with E-state index in [2.05, 4.69) is 42.3 Å². The average molecular weight is 317 g/mol. The lowest BCUT2D eigenvalue weighted by Gasteiger charge is -2.04. The molecule has 0 saturated heterocycles. The van der Waals surface area contributed by atoms with Crippen molar-refractivity contribution in [3.05, 3.63) is 33.2 Å². The van der Waals surface area contributed by atoms with E-state index in [1.165, 1.54) is 0 Å². The molecule has 3 nitrogen and oxygen atoms in total. The maximum Gasteiger partial charge on any atom is 0.140 e. The van der Waals surface area contributed by atoms with E-state index in [4.69, 9.17) is 5.84 Å². The molecule has 1 heterocycles. The van der Waals surface area contributed by atoms with Crippen molar-refractivity contribution in [3.8, 4) is 0 Å². The Hall–Kier alpha value is -0.650. The molecule has 0 aliphatic carbocycles. The summed E-state index contributed by atoms with van der Waals surface area (Å²) in [6, 6.07) is 7.76. The summed E-state index contributed by atoms with van der Waals surface area (Å²) in [5.74, 6) is 5.94. The third-order valence-electron chi connectivity index (χ3n) is 1.86. The van der Waals surface area contributed by atoms with Crippen LogP contribution in [0.5, 0.6) is 0 Å². The van der Waals surface area contributed by atoms with Crippen molar-refractivity contribution < 1.29 is 0 Å². The molecule has 0 aliphatic heterocycles. The van der Waals surface area contributed by atoms with Crippen LogP contribution in [0.3, 0.4) is 0 Å². The summed E-state index contributed by atoms with van der Waals surface area (Å²) in [5, 5.41) is 1.06. The summed E-state index contributed by atoms with van der Waals surface area (Å²) < 4.78 is 1.96. The molecule has 2 aromatic rings. The van der Waals surface area contributed by atoms with E-state index in [1.807, 2.05) is 24.3 Å². The topological polar surface area (TPSA) is 50.9 Å². The van der Waals surface area contributed by atoms with Gasteiger partial charge in [-0.05, 0) is 40.2 Å². The van der Waals surface area contributed by atoms with Gasteiger partial charge in [0.2, 0.25) is 0 Å². The minimum atomic E-state index is 0.653. The summed E-state index contributed by atoms with van der Waals surface area (Å²) in [7, 11) is 0. The van der Waals surface area contributed by atoms with Gasteiger partial charge in [0.25, 0.3) is 0 Å². The van der Waals surface area contributed by atoms with Crippen LogP contribution in [-0.4, -0.2) is 4.98 Å². The predicted molar refractivity (Wildman–Crippen MR) is 65.0 cm³/mol. The number of nitrogens with zero attached hydrogens (tertiary/aromatic N) is 1. The monoisotopic (exact) mass is 315 g/mol. The number of nitrogens with two attached hydrogens (primary N) is 1. The Balaban J connectivity index is 2.75. The lowest BCUT2D eigenvalue weighted by atomic mass is 10.2. The molecule has 1 aromatic heterocycles. The average Bonchev–Trinajstić information content (AvgIpc) is 2.17. The van der Waals surface area contributed by atoms with E-state index in [1.54, 1.807) is 0 Å². The van der Waals surface area contributed by atoms with E-state index >= 15 is 0 Å². The molecule has 0 aliphatic rings. The maximum atomic E-state index is 5.28. The smallest absolute Gasteiger partial charge is 0.140 e. The predicted octanol–water partition coefficient (Wildman–Crippen LogP) is 3.05. The SMILES string of the molecule is NNc1ccc2cc(Br)cc(Br)c2n1. The molecule has 14 heavy (non-hydrogen) atoms. The number of pyridine rings is 1. The zero-order valence-electron chi connectivity index (χ0n) is 7.09. The third kappa shape index (κ3) is 1.75. The number of hydrogen-bond donors (Lipinski definition) is 2. The molecule has 0 unspecified atom stereocenters. The van der Waals surface area contributed by atoms with Gasteiger partial charge in [-0.25, -0.2) is 10.8 Å². The van der Waals surface area contributed by atoms with E-state index in [0.717, 1.165) is 19.8 Å². The van der Waals surface area contributed by atoms with Gasteiger partial charge in [-0.3, -0.25) is 0 Å². The van der Waals surface area contributed by atoms with Crippen LogP contribution in [0.15, 0.2) is 33.2 Å². The number of nitrogen functional groups attached to an aromatic ring is 1. The molecule has 0 saturated carbocycles. The fourth-order valence-electron chi connectivity index (χ4n) is 1.24. The van der Waals surface area contributed by atoms with E-state index in [-0.39, 0.29) is 0 Å². The molecule has 2 rings (SSSR count). The van der Waals surface area contributed by atoms with Gasteiger partial charge in [0.05, 0.1) is 5.52 Å². The van der Waals surface area contributed by atoms with Crippen molar-refractivity contribution >= 4 is 48.6 Å². The molecule has 0 atom stereocenters. The van der Waals surface area contributed by atoms with Gasteiger partial charge in [0.1, 0.15) is 5.82 Å². The lowest BCUT2D eigenvalue weighted by Crippen LogP contribution is -2.08. The van der Waals surface area contributed by atoms with E-state index in [0.29, 0.717) is 5.82 Å². The Labute approximate surface area is 97.9 Å². The number of hydrazine groups is 1. The first-order valence-electron chi connectivity index (χ1n) is 3.93. The van der Waals surface area contributed by atoms with Crippen LogP contribution in [0, 0.1) is 0 Å². The normalized spacial score (nSPS) is 10.5. The molecular formula is C9H7Br2N3. The Morgan fingerprint density at radius 3 is 2.71 bits per heavy atom. The van der Waals surface area contributed by atoms with Gasteiger partial charge in [0.15, 0.2) is 0 Å². The van der Waals surface area contributed by atoms with Crippen LogP contribution < -0.4 is 11.3 Å². The number of rotatable bonds is 1. The molecule has 0 fully saturated rings. The largest absolute Gasteiger partial charge is 0.308 e. The molecule has 0 bridgehead atoms. The third-order valence-corrected chi connectivity index (χ3v) is 2.92. The Morgan fingerprint density at radius 1 is 1.21 bits per heavy atom. The minimum Gasteiger partial charge on any atom is -0.308 e. The van der Waals surface area contributed by atoms with Crippen molar-refractivity contribution in [2.24, 2.45) is 5.84 Å². The van der Waals surface area contributed by atoms with Crippen LogP contribution in [0.2, 0.25) is 0 Å². The summed E-state index contributed by atoms with van der Waals surface area (Å²) >= 11 is 6.87. The van der Waals surface area contributed by atoms with Gasteiger partial charge >= 0.3 is 0 Å². The van der Waals surface area contributed by atoms with Crippen molar-refractivity contribution in [2.45, 2.75) is 0 Å². The quantitative estimate of drug-likeness (QED) is 0.628. The number of benzene rings is 1. The summed E-state index contributed by atoms with van der Waals surface area (Å²) in [5.41, 5.74) is 3.41. The Morgan fingerprint density at radius 2 is 2.00 bits per heavy atom. The number of nitrogens with one attached hydrogen (secondary N) is 1.